The average Bonchev–Trinajstić information content (AvgIpc) is 2.67. The lowest BCUT2D eigenvalue weighted by Gasteiger charge is -2.12. The third kappa shape index (κ3) is 4.22. The minimum atomic E-state index is -3.35. The van der Waals surface area contributed by atoms with Gasteiger partial charge in [0.05, 0.1) is 27.6 Å². The number of hydrogen-bond acceptors (Lipinski definition) is 5. The van der Waals surface area contributed by atoms with Crippen LogP contribution in [0.1, 0.15) is 0 Å². The third-order valence-electron chi connectivity index (χ3n) is 4.61. The molecule has 0 atom stereocenters. The fraction of sp³-hybridized carbons (Fsp3) is 0.0952. The van der Waals surface area contributed by atoms with E-state index in [0.717, 1.165) is 33.9 Å². The van der Waals surface area contributed by atoms with Gasteiger partial charge in [0.1, 0.15) is 0 Å². The van der Waals surface area contributed by atoms with Crippen molar-refractivity contribution in [2.75, 3.05) is 22.6 Å². The minimum absolute atomic E-state index is 0.240. The first-order valence-electron chi connectivity index (χ1n) is 9.03. The van der Waals surface area contributed by atoms with E-state index < -0.39 is 19.9 Å². The second kappa shape index (κ2) is 7.26. The molecule has 3 N–H and O–H groups in total. The van der Waals surface area contributed by atoms with Gasteiger partial charge in [0.2, 0.25) is 21.1 Å². The SMILES string of the molecule is CS(=O)(=O)Nc1ccc(Nc2c3ccccc3[nH+]c3cc(S(C)(=O)=O)ccc23)cc1. The Morgan fingerprint density at radius 2 is 1.37 bits per heavy atom. The van der Waals surface area contributed by atoms with Crippen molar-refractivity contribution in [2.24, 2.45) is 0 Å². The molecule has 4 rings (SSSR count). The molecule has 0 aliphatic rings. The normalized spacial score (nSPS) is 12.2. The van der Waals surface area contributed by atoms with Crippen LogP contribution in [0.5, 0.6) is 0 Å². The molecule has 0 spiro atoms. The van der Waals surface area contributed by atoms with Crippen LogP contribution < -0.4 is 15.0 Å². The lowest BCUT2D eigenvalue weighted by molar-refractivity contribution is -0.310. The number of H-pyrrole nitrogens is 1. The predicted octanol–water partition coefficient (Wildman–Crippen LogP) is 3.33. The van der Waals surface area contributed by atoms with Crippen molar-refractivity contribution in [3.8, 4) is 0 Å². The number of fused-ring (bicyclic) bond motifs is 2. The van der Waals surface area contributed by atoms with Crippen LogP contribution in [0.25, 0.3) is 21.8 Å². The molecule has 0 unspecified atom stereocenters. The molecule has 0 saturated carbocycles. The fourth-order valence-electron chi connectivity index (χ4n) is 3.29. The summed E-state index contributed by atoms with van der Waals surface area (Å²) < 4.78 is 49.2. The van der Waals surface area contributed by atoms with Gasteiger partial charge in [-0.05, 0) is 42.5 Å². The molecule has 0 saturated heterocycles. The van der Waals surface area contributed by atoms with Crippen molar-refractivity contribution in [3.05, 3.63) is 66.7 Å². The number of aromatic amines is 1. The highest BCUT2D eigenvalue weighted by Crippen LogP contribution is 2.32. The van der Waals surface area contributed by atoms with E-state index in [-0.39, 0.29) is 4.90 Å². The fourth-order valence-corrected chi connectivity index (χ4v) is 4.50. The third-order valence-corrected chi connectivity index (χ3v) is 6.33. The Kier molecular flexibility index (Phi) is 4.87. The van der Waals surface area contributed by atoms with E-state index in [4.69, 9.17) is 0 Å². The monoisotopic (exact) mass is 442 g/mol. The molecule has 4 aromatic rings. The summed E-state index contributed by atoms with van der Waals surface area (Å²) in [4.78, 5) is 3.54. The summed E-state index contributed by atoms with van der Waals surface area (Å²) in [6, 6.07) is 19.6. The maximum atomic E-state index is 12.0. The Balaban J connectivity index is 1.84. The molecule has 1 heterocycles. The standard InChI is InChI=1S/C21H19N3O4S2/c1-29(25,26)16-11-12-18-20(13-16)23-19-6-4-3-5-17(19)21(18)22-14-7-9-15(10-8-14)24-30(2,27)28/h3-13,24H,1-2H3,(H,22,23)/p+1. The predicted molar refractivity (Wildman–Crippen MR) is 119 cm³/mol. The largest absolute Gasteiger partial charge is 0.354 e. The Hall–Kier alpha value is -3.17. The van der Waals surface area contributed by atoms with Crippen molar-refractivity contribution in [2.45, 2.75) is 4.90 Å². The van der Waals surface area contributed by atoms with E-state index in [1.807, 2.05) is 24.3 Å². The number of hydrogen-bond donors (Lipinski definition) is 2. The van der Waals surface area contributed by atoms with E-state index in [2.05, 4.69) is 15.0 Å². The Morgan fingerprint density at radius 1 is 0.733 bits per heavy atom. The quantitative estimate of drug-likeness (QED) is 0.461. The number of nitrogens with one attached hydrogen (secondary N) is 3. The zero-order chi connectivity index (χ0) is 21.5. The molecule has 1 aromatic heterocycles. The molecule has 3 aromatic carbocycles. The molecule has 0 fully saturated rings. The topological polar surface area (TPSA) is 106 Å². The Bertz CT molecular complexity index is 1480. The van der Waals surface area contributed by atoms with Gasteiger partial charge in [-0.2, -0.15) is 0 Å². The van der Waals surface area contributed by atoms with Gasteiger partial charge in [-0.15, -0.1) is 0 Å². The molecule has 9 heteroatoms. The van der Waals surface area contributed by atoms with Gasteiger partial charge in [0, 0.05) is 29.8 Å². The molecule has 0 aliphatic carbocycles. The minimum Gasteiger partial charge on any atom is -0.354 e. The van der Waals surface area contributed by atoms with E-state index in [1.165, 1.54) is 6.26 Å². The molecule has 30 heavy (non-hydrogen) atoms. The number of pyridine rings is 1. The molecular weight excluding hydrogens is 422 g/mol. The number of benzene rings is 3. The molecule has 0 radical (unpaired) electrons. The molecule has 7 nitrogen and oxygen atoms in total. The summed E-state index contributed by atoms with van der Waals surface area (Å²) >= 11 is 0. The molecule has 0 bridgehead atoms. The van der Waals surface area contributed by atoms with Crippen LogP contribution in [0.15, 0.2) is 71.6 Å². The molecule has 0 amide bonds. The molecular formula is C21H20N3O4S2+. The number of anilines is 3. The zero-order valence-corrected chi connectivity index (χ0v) is 17.9. The summed E-state index contributed by atoms with van der Waals surface area (Å²) in [7, 11) is -6.68. The van der Waals surface area contributed by atoms with Gasteiger partial charge in [-0.1, -0.05) is 12.1 Å². The molecule has 154 valence electrons. The van der Waals surface area contributed by atoms with Crippen LogP contribution in [0.2, 0.25) is 0 Å². The van der Waals surface area contributed by atoms with Crippen LogP contribution in [-0.2, 0) is 19.9 Å². The van der Waals surface area contributed by atoms with Gasteiger partial charge >= 0.3 is 0 Å². The maximum Gasteiger partial charge on any atom is 0.229 e. The van der Waals surface area contributed by atoms with E-state index >= 15 is 0 Å². The zero-order valence-electron chi connectivity index (χ0n) is 16.3. The number of aromatic nitrogens is 1. The smallest absolute Gasteiger partial charge is 0.229 e. The summed E-state index contributed by atoms with van der Waals surface area (Å²) in [5.74, 6) is 0. The van der Waals surface area contributed by atoms with Crippen molar-refractivity contribution < 1.29 is 21.8 Å². The van der Waals surface area contributed by atoms with E-state index in [9.17, 15) is 16.8 Å². The van der Waals surface area contributed by atoms with Crippen LogP contribution in [0.3, 0.4) is 0 Å². The Labute approximate surface area is 174 Å². The lowest BCUT2D eigenvalue weighted by Crippen LogP contribution is -2.10. The summed E-state index contributed by atoms with van der Waals surface area (Å²) in [5.41, 5.74) is 3.60. The first-order chi connectivity index (χ1) is 14.1. The average molecular weight is 443 g/mol. The lowest BCUT2D eigenvalue weighted by atomic mass is 10.1. The van der Waals surface area contributed by atoms with Gasteiger partial charge < -0.3 is 5.32 Å². The summed E-state index contributed by atoms with van der Waals surface area (Å²) in [6.07, 6.45) is 2.28. The van der Waals surface area contributed by atoms with Gasteiger partial charge in [-0.3, -0.25) is 4.72 Å². The van der Waals surface area contributed by atoms with Crippen molar-refractivity contribution in [1.29, 1.82) is 0 Å². The van der Waals surface area contributed by atoms with Crippen molar-refractivity contribution in [3.63, 3.8) is 0 Å². The van der Waals surface area contributed by atoms with Crippen LogP contribution in [0.4, 0.5) is 17.1 Å². The highest BCUT2D eigenvalue weighted by molar-refractivity contribution is 7.92. The Morgan fingerprint density at radius 3 is 2.03 bits per heavy atom. The van der Waals surface area contributed by atoms with Gasteiger partial charge in [-0.25, -0.2) is 21.8 Å². The number of para-hydroxylation sites is 1. The van der Waals surface area contributed by atoms with Crippen molar-refractivity contribution in [1.82, 2.24) is 0 Å². The van der Waals surface area contributed by atoms with Gasteiger partial charge in [0.25, 0.3) is 0 Å². The second-order valence-electron chi connectivity index (χ2n) is 7.10. The first kappa shape index (κ1) is 20.1. The number of sulfonamides is 1. The van der Waals surface area contributed by atoms with Gasteiger partial charge in [0.15, 0.2) is 9.84 Å². The van der Waals surface area contributed by atoms with E-state index in [0.29, 0.717) is 11.2 Å². The molecule has 0 aliphatic heterocycles. The summed E-state index contributed by atoms with van der Waals surface area (Å²) in [6.45, 7) is 0. The van der Waals surface area contributed by atoms with Crippen molar-refractivity contribution >= 4 is 58.7 Å². The second-order valence-corrected chi connectivity index (χ2v) is 10.9. The number of sulfone groups is 1. The number of rotatable bonds is 5. The maximum absolute atomic E-state index is 12.0. The summed E-state index contributed by atoms with van der Waals surface area (Å²) in [5, 5.41) is 5.16. The first-order valence-corrected chi connectivity index (χ1v) is 12.8. The van der Waals surface area contributed by atoms with Crippen LogP contribution in [0, 0.1) is 0 Å². The highest BCUT2D eigenvalue weighted by atomic mass is 32.2. The van der Waals surface area contributed by atoms with E-state index in [1.54, 1.807) is 42.5 Å². The van der Waals surface area contributed by atoms with Crippen LogP contribution in [-0.4, -0.2) is 29.3 Å². The van der Waals surface area contributed by atoms with Crippen LogP contribution >= 0.6 is 0 Å². The highest BCUT2D eigenvalue weighted by Gasteiger charge is 2.17.